The third-order valence-corrected chi connectivity index (χ3v) is 3.08. The Bertz CT molecular complexity index is 519. The fourth-order valence-electron chi connectivity index (χ4n) is 1.28. The molecule has 2 rings (SSSR count). The summed E-state index contributed by atoms with van der Waals surface area (Å²) in [6.07, 6.45) is 3.50. The van der Waals surface area contributed by atoms with E-state index in [1.54, 1.807) is 19.5 Å². The summed E-state index contributed by atoms with van der Waals surface area (Å²) in [5, 5.41) is 3.11. The monoisotopic (exact) mass is 405 g/mol. The third kappa shape index (κ3) is 3.29. The van der Waals surface area contributed by atoms with Gasteiger partial charge in [-0.1, -0.05) is 15.9 Å². The Labute approximate surface area is 121 Å². The molecular formula is C11H9BrIN3O. The molecule has 1 heterocycles. The zero-order chi connectivity index (χ0) is 12.3. The van der Waals surface area contributed by atoms with Crippen LogP contribution in [0.4, 0.5) is 11.6 Å². The van der Waals surface area contributed by atoms with Gasteiger partial charge in [-0.25, -0.2) is 9.97 Å². The average Bonchev–Trinajstić information content (AvgIpc) is 2.32. The Kier molecular flexibility index (Phi) is 4.16. The van der Waals surface area contributed by atoms with Crippen LogP contribution in [0.25, 0.3) is 0 Å². The van der Waals surface area contributed by atoms with Gasteiger partial charge in [0.2, 0.25) is 5.95 Å². The van der Waals surface area contributed by atoms with Crippen molar-refractivity contribution < 1.29 is 4.74 Å². The number of nitrogens with zero attached hydrogens (tertiary/aromatic N) is 2. The van der Waals surface area contributed by atoms with E-state index in [0.717, 1.165) is 19.5 Å². The Balaban J connectivity index is 2.28. The number of halogens is 2. The van der Waals surface area contributed by atoms with Crippen LogP contribution in [-0.4, -0.2) is 17.1 Å². The fraction of sp³-hybridized carbons (Fsp3) is 0.0909. The maximum absolute atomic E-state index is 5.26. The molecule has 0 aliphatic carbocycles. The van der Waals surface area contributed by atoms with Crippen molar-refractivity contribution in [3.63, 3.8) is 0 Å². The second kappa shape index (κ2) is 5.63. The topological polar surface area (TPSA) is 47.0 Å². The Hall–Kier alpha value is -0.890. The summed E-state index contributed by atoms with van der Waals surface area (Å²) in [4.78, 5) is 8.36. The van der Waals surface area contributed by atoms with Crippen molar-refractivity contribution in [3.05, 3.63) is 38.6 Å². The molecule has 0 aliphatic heterocycles. The molecule has 4 nitrogen and oxygen atoms in total. The SMILES string of the molecule is COc1ccc(Br)cc1Nc1ncc(I)cn1. The quantitative estimate of drug-likeness (QED) is 0.792. The summed E-state index contributed by atoms with van der Waals surface area (Å²) < 4.78 is 7.21. The zero-order valence-corrected chi connectivity index (χ0v) is 12.7. The first-order valence-corrected chi connectivity index (χ1v) is 6.64. The molecule has 0 fully saturated rings. The predicted octanol–water partition coefficient (Wildman–Crippen LogP) is 3.60. The molecule has 0 bridgehead atoms. The second-order valence-electron chi connectivity index (χ2n) is 3.19. The first-order chi connectivity index (χ1) is 8.19. The van der Waals surface area contributed by atoms with E-state index in [-0.39, 0.29) is 0 Å². The molecule has 0 atom stereocenters. The lowest BCUT2D eigenvalue weighted by Crippen LogP contribution is -1.99. The number of rotatable bonds is 3. The summed E-state index contributed by atoms with van der Waals surface area (Å²) in [6, 6.07) is 5.71. The van der Waals surface area contributed by atoms with Crippen LogP contribution in [0.3, 0.4) is 0 Å². The number of hydrogen-bond acceptors (Lipinski definition) is 4. The fourth-order valence-corrected chi connectivity index (χ4v) is 1.91. The maximum Gasteiger partial charge on any atom is 0.227 e. The van der Waals surface area contributed by atoms with Crippen molar-refractivity contribution in [2.24, 2.45) is 0 Å². The van der Waals surface area contributed by atoms with Crippen LogP contribution in [0.5, 0.6) is 5.75 Å². The molecule has 0 aliphatic rings. The van der Waals surface area contributed by atoms with Crippen molar-refractivity contribution >= 4 is 50.2 Å². The Morgan fingerprint density at radius 3 is 2.65 bits per heavy atom. The Morgan fingerprint density at radius 1 is 1.29 bits per heavy atom. The molecule has 0 saturated heterocycles. The van der Waals surface area contributed by atoms with E-state index in [9.17, 15) is 0 Å². The number of benzene rings is 1. The largest absolute Gasteiger partial charge is 0.495 e. The van der Waals surface area contributed by atoms with Crippen LogP contribution in [0.15, 0.2) is 35.1 Å². The maximum atomic E-state index is 5.26. The molecular weight excluding hydrogens is 397 g/mol. The minimum Gasteiger partial charge on any atom is -0.495 e. The van der Waals surface area contributed by atoms with Crippen LogP contribution in [0.2, 0.25) is 0 Å². The molecule has 1 N–H and O–H groups in total. The minimum absolute atomic E-state index is 0.543. The summed E-state index contributed by atoms with van der Waals surface area (Å²) >= 11 is 5.57. The highest BCUT2D eigenvalue weighted by Gasteiger charge is 2.05. The minimum atomic E-state index is 0.543. The van der Waals surface area contributed by atoms with Gasteiger partial charge in [0, 0.05) is 20.4 Å². The number of nitrogens with one attached hydrogen (secondary N) is 1. The molecule has 6 heteroatoms. The lowest BCUT2D eigenvalue weighted by atomic mass is 10.3. The highest BCUT2D eigenvalue weighted by Crippen LogP contribution is 2.29. The van der Waals surface area contributed by atoms with Crippen LogP contribution >= 0.6 is 38.5 Å². The average molecular weight is 406 g/mol. The summed E-state index contributed by atoms with van der Waals surface area (Å²) in [5.41, 5.74) is 0.822. The molecule has 0 saturated carbocycles. The van der Waals surface area contributed by atoms with Gasteiger partial charge in [0.1, 0.15) is 5.75 Å². The van der Waals surface area contributed by atoms with Crippen molar-refractivity contribution in [1.82, 2.24) is 9.97 Å². The zero-order valence-electron chi connectivity index (χ0n) is 8.95. The van der Waals surface area contributed by atoms with E-state index in [2.05, 4.69) is 53.8 Å². The van der Waals surface area contributed by atoms with Gasteiger partial charge in [-0.2, -0.15) is 0 Å². The Morgan fingerprint density at radius 2 is 2.00 bits per heavy atom. The number of hydrogen-bond donors (Lipinski definition) is 1. The molecule has 0 unspecified atom stereocenters. The highest BCUT2D eigenvalue weighted by molar-refractivity contribution is 14.1. The molecule has 0 spiro atoms. The van der Waals surface area contributed by atoms with Crippen LogP contribution in [0.1, 0.15) is 0 Å². The van der Waals surface area contributed by atoms with Gasteiger partial charge in [0.25, 0.3) is 0 Å². The number of anilines is 2. The number of methoxy groups -OCH3 is 1. The van der Waals surface area contributed by atoms with Gasteiger partial charge >= 0.3 is 0 Å². The van der Waals surface area contributed by atoms with Crippen molar-refractivity contribution in [3.8, 4) is 5.75 Å². The molecule has 88 valence electrons. The molecule has 2 aromatic rings. The predicted molar refractivity (Wildman–Crippen MR) is 78.7 cm³/mol. The van der Waals surface area contributed by atoms with Gasteiger partial charge < -0.3 is 10.1 Å². The van der Waals surface area contributed by atoms with E-state index < -0.39 is 0 Å². The van der Waals surface area contributed by atoms with Crippen molar-refractivity contribution in [1.29, 1.82) is 0 Å². The number of ether oxygens (including phenoxy) is 1. The first-order valence-electron chi connectivity index (χ1n) is 4.77. The van der Waals surface area contributed by atoms with Crippen LogP contribution in [-0.2, 0) is 0 Å². The standard InChI is InChI=1S/C11H9BrIN3O/c1-17-10-3-2-7(12)4-9(10)16-11-14-5-8(13)6-15-11/h2-6H,1H3,(H,14,15,16). The smallest absolute Gasteiger partial charge is 0.227 e. The first kappa shape index (κ1) is 12.6. The van der Waals surface area contributed by atoms with Crippen LogP contribution < -0.4 is 10.1 Å². The van der Waals surface area contributed by atoms with Gasteiger partial charge in [0.15, 0.2) is 0 Å². The van der Waals surface area contributed by atoms with E-state index >= 15 is 0 Å². The number of aromatic nitrogens is 2. The van der Waals surface area contributed by atoms with Gasteiger partial charge in [-0.05, 0) is 40.8 Å². The van der Waals surface area contributed by atoms with Gasteiger partial charge in [0.05, 0.1) is 12.8 Å². The molecule has 1 aromatic heterocycles. The van der Waals surface area contributed by atoms with Gasteiger partial charge in [-0.15, -0.1) is 0 Å². The second-order valence-corrected chi connectivity index (χ2v) is 5.36. The third-order valence-electron chi connectivity index (χ3n) is 2.03. The normalized spacial score (nSPS) is 10.1. The van der Waals surface area contributed by atoms with Crippen molar-refractivity contribution in [2.45, 2.75) is 0 Å². The lowest BCUT2D eigenvalue weighted by Gasteiger charge is -2.10. The van der Waals surface area contributed by atoms with Crippen LogP contribution in [0, 0.1) is 3.57 Å². The van der Waals surface area contributed by atoms with Crippen molar-refractivity contribution in [2.75, 3.05) is 12.4 Å². The van der Waals surface area contributed by atoms with E-state index in [4.69, 9.17) is 4.74 Å². The lowest BCUT2D eigenvalue weighted by molar-refractivity contribution is 0.416. The molecule has 17 heavy (non-hydrogen) atoms. The summed E-state index contributed by atoms with van der Waals surface area (Å²) in [6.45, 7) is 0. The molecule has 0 amide bonds. The van der Waals surface area contributed by atoms with E-state index in [1.165, 1.54) is 0 Å². The van der Waals surface area contributed by atoms with Gasteiger partial charge in [-0.3, -0.25) is 0 Å². The molecule has 1 aromatic carbocycles. The summed E-state index contributed by atoms with van der Waals surface area (Å²) in [5.74, 6) is 1.29. The summed E-state index contributed by atoms with van der Waals surface area (Å²) in [7, 11) is 1.63. The molecule has 0 radical (unpaired) electrons. The van der Waals surface area contributed by atoms with E-state index in [1.807, 2.05) is 18.2 Å². The highest BCUT2D eigenvalue weighted by atomic mass is 127. The van der Waals surface area contributed by atoms with E-state index in [0.29, 0.717) is 5.95 Å².